The first-order chi connectivity index (χ1) is 13.8. The summed E-state index contributed by atoms with van der Waals surface area (Å²) >= 11 is 0. The van der Waals surface area contributed by atoms with Crippen LogP contribution in [-0.4, -0.2) is 29.8 Å². The zero-order chi connectivity index (χ0) is 20.9. The second-order valence-electron chi connectivity index (χ2n) is 6.70. The molecule has 3 rings (SSSR count). The fourth-order valence-electron chi connectivity index (χ4n) is 3.04. The van der Waals surface area contributed by atoms with Gasteiger partial charge in [-0.3, -0.25) is 9.59 Å². The number of ether oxygens (including phenoxy) is 2. The molecule has 1 saturated heterocycles. The van der Waals surface area contributed by atoms with Crippen molar-refractivity contribution in [3.8, 4) is 5.75 Å². The van der Waals surface area contributed by atoms with Gasteiger partial charge in [0.15, 0.2) is 0 Å². The molecule has 156 valence electrons. The second-order valence-corrected chi connectivity index (χ2v) is 6.70. The molecule has 6 nitrogen and oxygen atoms in total. The maximum Gasteiger partial charge on any atom is 0.421 e. The van der Waals surface area contributed by atoms with Gasteiger partial charge in [0.1, 0.15) is 24.5 Å². The molecule has 1 aromatic heterocycles. The van der Waals surface area contributed by atoms with E-state index in [4.69, 9.17) is 9.47 Å². The Morgan fingerprint density at radius 1 is 1.21 bits per heavy atom. The van der Waals surface area contributed by atoms with Gasteiger partial charge in [-0.25, -0.2) is 0 Å². The highest BCUT2D eigenvalue weighted by molar-refractivity contribution is 5.92. The number of hydrogen-bond donors (Lipinski definition) is 1. The zero-order valence-corrected chi connectivity index (χ0v) is 15.6. The minimum atomic E-state index is -4.78. The van der Waals surface area contributed by atoms with Gasteiger partial charge in [-0.05, 0) is 43.5 Å². The lowest BCUT2D eigenvalue weighted by Crippen LogP contribution is -2.32. The fraction of sp³-hybridized carbons (Fsp3) is 0.400. The number of alkyl halides is 3. The number of pyridine rings is 1. The molecule has 1 aliphatic heterocycles. The number of carbonyl (C=O) groups is 1. The summed E-state index contributed by atoms with van der Waals surface area (Å²) in [5, 5.41) is 2.59. The maximum absolute atomic E-state index is 12.9. The number of rotatable bonds is 6. The van der Waals surface area contributed by atoms with Crippen molar-refractivity contribution < 1.29 is 27.4 Å². The monoisotopic (exact) mass is 410 g/mol. The molecule has 0 aliphatic carbocycles. The highest BCUT2D eigenvalue weighted by atomic mass is 19.4. The Morgan fingerprint density at radius 3 is 2.72 bits per heavy atom. The summed E-state index contributed by atoms with van der Waals surface area (Å²) in [6, 6.07) is 8.49. The first-order valence-corrected chi connectivity index (χ1v) is 9.24. The lowest BCUT2D eigenvalue weighted by molar-refractivity contribution is -0.139. The van der Waals surface area contributed by atoms with Crippen molar-refractivity contribution >= 4 is 11.6 Å². The third-order valence-electron chi connectivity index (χ3n) is 4.50. The molecule has 0 saturated carbocycles. The maximum atomic E-state index is 12.9. The van der Waals surface area contributed by atoms with Gasteiger partial charge in [-0.2, -0.15) is 13.2 Å². The van der Waals surface area contributed by atoms with Crippen molar-refractivity contribution in [1.29, 1.82) is 0 Å². The van der Waals surface area contributed by atoms with Crippen LogP contribution in [0.4, 0.5) is 18.9 Å². The number of benzene rings is 1. The van der Waals surface area contributed by atoms with Crippen molar-refractivity contribution in [2.24, 2.45) is 0 Å². The number of halogens is 3. The normalized spacial score (nSPS) is 17.0. The summed E-state index contributed by atoms with van der Waals surface area (Å²) in [6.07, 6.45) is -0.669. The van der Waals surface area contributed by atoms with E-state index in [1.165, 1.54) is 0 Å². The van der Waals surface area contributed by atoms with E-state index in [0.717, 1.165) is 36.1 Å². The molecular formula is C20H21F3N2O4. The third kappa shape index (κ3) is 5.60. The van der Waals surface area contributed by atoms with E-state index in [0.29, 0.717) is 30.7 Å². The molecule has 1 aliphatic rings. The predicted molar refractivity (Wildman–Crippen MR) is 99.9 cm³/mol. The van der Waals surface area contributed by atoms with Gasteiger partial charge in [0.05, 0.1) is 11.8 Å². The Labute approximate surface area is 165 Å². The Hall–Kier alpha value is -2.81. The van der Waals surface area contributed by atoms with E-state index in [2.05, 4.69) is 5.32 Å². The van der Waals surface area contributed by atoms with Gasteiger partial charge in [-0.1, -0.05) is 12.1 Å². The van der Waals surface area contributed by atoms with Crippen molar-refractivity contribution in [3.63, 3.8) is 0 Å². The molecule has 9 heteroatoms. The number of nitrogens with zero attached hydrogens (tertiary/aromatic N) is 1. The van der Waals surface area contributed by atoms with Gasteiger partial charge >= 0.3 is 6.18 Å². The fourth-order valence-corrected chi connectivity index (χ4v) is 3.04. The summed E-state index contributed by atoms with van der Waals surface area (Å²) < 4.78 is 50.7. The standard InChI is InChI=1S/C20H21F3N2O4/c21-20(22,23)15-7-5-10-25(19(15)27)12-18(26)24-16-8-1-2-9-17(16)29-13-14-6-3-4-11-28-14/h1-2,5,7-10,14H,3-4,6,11-13H2,(H,24,26). The van der Waals surface area contributed by atoms with E-state index in [1.807, 2.05) is 0 Å². The van der Waals surface area contributed by atoms with Crippen LogP contribution in [0.15, 0.2) is 47.4 Å². The molecule has 2 heterocycles. The number of anilines is 1. The first kappa shape index (κ1) is 20.9. The summed E-state index contributed by atoms with van der Waals surface area (Å²) in [4.78, 5) is 24.3. The van der Waals surface area contributed by atoms with Crippen LogP contribution in [0.25, 0.3) is 0 Å². The summed E-state index contributed by atoms with van der Waals surface area (Å²) in [6.45, 7) is 0.473. The zero-order valence-electron chi connectivity index (χ0n) is 15.6. The molecule has 0 spiro atoms. The van der Waals surface area contributed by atoms with Crippen LogP contribution in [-0.2, 0) is 22.3 Å². The van der Waals surface area contributed by atoms with Gasteiger partial charge in [0, 0.05) is 12.8 Å². The number of carbonyl (C=O) groups excluding carboxylic acids is 1. The number of aromatic nitrogens is 1. The van der Waals surface area contributed by atoms with Gasteiger partial charge < -0.3 is 19.4 Å². The minimum Gasteiger partial charge on any atom is -0.489 e. The Morgan fingerprint density at radius 2 is 2.00 bits per heavy atom. The van der Waals surface area contributed by atoms with Crippen molar-refractivity contribution in [2.45, 2.75) is 38.1 Å². The van der Waals surface area contributed by atoms with Crippen LogP contribution >= 0.6 is 0 Å². The smallest absolute Gasteiger partial charge is 0.421 e. The molecule has 1 aromatic carbocycles. The topological polar surface area (TPSA) is 69.6 Å². The molecule has 0 bridgehead atoms. The third-order valence-corrected chi connectivity index (χ3v) is 4.50. The van der Waals surface area contributed by atoms with Crippen LogP contribution in [0, 0.1) is 0 Å². The van der Waals surface area contributed by atoms with Crippen molar-refractivity contribution in [3.05, 3.63) is 58.5 Å². The second kappa shape index (κ2) is 9.13. The molecule has 1 unspecified atom stereocenters. The van der Waals surface area contributed by atoms with Crippen LogP contribution in [0.3, 0.4) is 0 Å². The Balaban J connectivity index is 1.66. The van der Waals surface area contributed by atoms with Gasteiger partial charge in [0.2, 0.25) is 5.91 Å². The molecule has 29 heavy (non-hydrogen) atoms. The van der Waals surface area contributed by atoms with Crippen LogP contribution in [0.1, 0.15) is 24.8 Å². The van der Waals surface area contributed by atoms with E-state index in [9.17, 15) is 22.8 Å². The molecule has 1 amide bonds. The number of amides is 1. The number of para-hydroxylation sites is 2. The largest absolute Gasteiger partial charge is 0.489 e. The SMILES string of the molecule is O=C(Cn1cccc(C(F)(F)F)c1=O)Nc1ccccc1OCC1CCCCO1. The molecule has 1 N–H and O–H groups in total. The lowest BCUT2D eigenvalue weighted by atomic mass is 10.1. The highest BCUT2D eigenvalue weighted by Gasteiger charge is 2.34. The number of hydrogen-bond acceptors (Lipinski definition) is 4. The van der Waals surface area contributed by atoms with Crippen LogP contribution in [0.5, 0.6) is 5.75 Å². The van der Waals surface area contributed by atoms with Gasteiger partial charge in [-0.15, -0.1) is 0 Å². The molecule has 2 aromatic rings. The molecule has 1 atom stereocenters. The van der Waals surface area contributed by atoms with E-state index >= 15 is 0 Å². The average molecular weight is 410 g/mol. The van der Waals surface area contributed by atoms with E-state index in [-0.39, 0.29) is 6.10 Å². The highest BCUT2D eigenvalue weighted by Crippen LogP contribution is 2.26. The average Bonchev–Trinajstić information content (AvgIpc) is 2.69. The lowest BCUT2D eigenvalue weighted by Gasteiger charge is -2.23. The number of nitrogens with one attached hydrogen (secondary N) is 1. The van der Waals surface area contributed by atoms with E-state index in [1.54, 1.807) is 24.3 Å². The molecular weight excluding hydrogens is 389 g/mol. The van der Waals surface area contributed by atoms with Crippen LogP contribution in [0.2, 0.25) is 0 Å². The van der Waals surface area contributed by atoms with Crippen molar-refractivity contribution in [1.82, 2.24) is 4.57 Å². The summed E-state index contributed by atoms with van der Waals surface area (Å²) in [7, 11) is 0. The summed E-state index contributed by atoms with van der Waals surface area (Å²) in [5.41, 5.74) is -2.22. The Bertz CT molecular complexity index is 905. The quantitative estimate of drug-likeness (QED) is 0.792. The first-order valence-electron chi connectivity index (χ1n) is 9.24. The molecule has 1 fully saturated rings. The summed E-state index contributed by atoms with van der Waals surface area (Å²) in [5.74, 6) is -0.220. The van der Waals surface area contributed by atoms with Crippen LogP contribution < -0.4 is 15.6 Å². The Kier molecular flexibility index (Phi) is 6.58. The van der Waals surface area contributed by atoms with Gasteiger partial charge in [0.25, 0.3) is 5.56 Å². The minimum absolute atomic E-state index is 0.0174. The van der Waals surface area contributed by atoms with E-state index < -0.39 is 29.8 Å². The molecule has 0 radical (unpaired) electrons. The predicted octanol–water partition coefficient (Wildman–Crippen LogP) is 3.45. The van der Waals surface area contributed by atoms with Crippen molar-refractivity contribution in [2.75, 3.05) is 18.5 Å².